The zero-order chi connectivity index (χ0) is 8.39. The van der Waals surface area contributed by atoms with Crippen LogP contribution in [0.1, 0.15) is 0 Å². The van der Waals surface area contributed by atoms with E-state index < -0.39 is 0 Å². The second-order valence-corrected chi connectivity index (χ2v) is 2.41. The number of hydrogen-bond donors (Lipinski definition) is 1. The lowest BCUT2D eigenvalue weighted by molar-refractivity contribution is 0.612. The lowest BCUT2D eigenvalue weighted by Crippen LogP contribution is -2.33. The average molecular weight is 163 g/mol. The zero-order valence-corrected chi connectivity index (χ0v) is 6.46. The zero-order valence-electron chi connectivity index (χ0n) is 6.46. The molecule has 62 valence electrons. The fourth-order valence-electron chi connectivity index (χ4n) is 0.962. The number of hydrogen-bond acceptors (Lipinski definition) is 4. The first kappa shape index (κ1) is 6.90. The number of rotatable bonds is 1. The SMILES string of the molecule is NC1=NCN(n2cccn2)C=C1. The van der Waals surface area contributed by atoms with E-state index in [0.717, 1.165) is 0 Å². The Kier molecular flexibility index (Phi) is 1.55. The molecule has 1 aliphatic heterocycles. The van der Waals surface area contributed by atoms with Crippen molar-refractivity contribution in [1.82, 2.24) is 9.89 Å². The molecule has 5 nitrogen and oxygen atoms in total. The van der Waals surface area contributed by atoms with E-state index in [-0.39, 0.29) is 0 Å². The minimum Gasteiger partial charge on any atom is -0.384 e. The quantitative estimate of drug-likeness (QED) is 0.616. The van der Waals surface area contributed by atoms with Gasteiger partial charge in [0.05, 0.1) is 6.20 Å². The van der Waals surface area contributed by atoms with Crippen LogP contribution in [0.2, 0.25) is 0 Å². The molecule has 0 atom stereocenters. The van der Waals surface area contributed by atoms with Crippen molar-refractivity contribution >= 4 is 5.84 Å². The van der Waals surface area contributed by atoms with Gasteiger partial charge in [0.15, 0.2) is 0 Å². The molecule has 0 unspecified atom stereocenters. The smallest absolute Gasteiger partial charge is 0.133 e. The van der Waals surface area contributed by atoms with E-state index in [1.807, 2.05) is 23.5 Å². The molecule has 2 N–H and O–H groups in total. The lowest BCUT2D eigenvalue weighted by Gasteiger charge is -2.20. The number of aliphatic imine (C=N–C) groups is 1. The van der Waals surface area contributed by atoms with Crippen LogP contribution in [0.25, 0.3) is 0 Å². The van der Waals surface area contributed by atoms with Gasteiger partial charge < -0.3 is 5.73 Å². The van der Waals surface area contributed by atoms with E-state index in [9.17, 15) is 0 Å². The van der Waals surface area contributed by atoms with E-state index >= 15 is 0 Å². The molecule has 0 aromatic carbocycles. The second kappa shape index (κ2) is 2.69. The molecule has 0 bridgehead atoms. The summed E-state index contributed by atoms with van der Waals surface area (Å²) in [4.78, 5) is 5.74. The molecule has 0 saturated carbocycles. The van der Waals surface area contributed by atoms with Crippen LogP contribution < -0.4 is 10.7 Å². The minimum atomic E-state index is 0.518. The highest BCUT2D eigenvalue weighted by molar-refractivity contribution is 5.92. The van der Waals surface area contributed by atoms with Gasteiger partial charge in [0.25, 0.3) is 0 Å². The minimum absolute atomic E-state index is 0.518. The van der Waals surface area contributed by atoms with Gasteiger partial charge in [-0.2, -0.15) is 9.89 Å². The summed E-state index contributed by atoms with van der Waals surface area (Å²) in [6.45, 7) is 0.518. The Balaban J connectivity index is 2.15. The van der Waals surface area contributed by atoms with Crippen LogP contribution in [0.4, 0.5) is 0 Å². The normalized spacial score (nSPS) is 16.3. The second-order valence-electron chi connectivity index (χ2n) is 2.41. The highest BCUT2D eigenvalue weighted by Crippen LogP contribution is 1.96. The van der Waals surface area contributed by atoms with Crippen molar-refractivity contribution in [2.45, 2.75) is 0 Å². The van der Waals surface area contributed by atoms with Gasteiger partial charge in [-0.25, -0.2) is 4.99 Å². The third kappa shape index (κ3) is 1.16. The van der Waals surface area contributed by atoms with Crippen molar-refractivity contribution < 1.29 is 0 Å². The Morgan fingerprint density at radius 3 is 3.00 bits per heavy atom. The standard InChI is InChI=1S/C7H9N5/c8-7-2-5-11(6-9-7)12-4-1-3-10-12/h1-5H,6H2,(H2,8,9). The molecule has 1 aromatic rings. The fourth-order valence-corrected chi connectivity index (χ4v) is 0.962. The van der Waals surface area contributed by atoms with E-state index in [1.54, 1.807) is 17.1 Å². The summed E-state index contributed by atoms with van der Waals surface area (Å²) in [5.74, 6) is 0.554. The maximum Gasteiger partial charge on any atom is 0.133 e. The first-order valence-corrected chi connectivity index (χ1v) is 3.61. The highest BCUT2D eigenvalue weighted by atomic mass is 15.7. The van der Waals surface area contributed by atoms with Crippen LogP contribution in [0.3, 0.4) is 0 Å². The first-order valence-electron chi connectivity index (χ1n) is 3.61. The largest absolute Gasteiger partial charge is 0.384 e. The van der Waals surface area contributed by atoms with Crippen LogP contribution in [0.15, 0.2) is 35.7 Å². The molecular weight excluding hydrogens is 154 g/mol. The molecule has 2 rings (SSSR count). The van der Waals surface area contributed by atoms with Crippen molar-refractivity contribution in [2.24, 2.45) is 10.7 Å². The maximum absolute atomic E-state index is 5.46. The Morgan fingerprint density at radius 2 is 2.42 bits per heavy atom. The predicted molar refractivity (Wildman–Crippen MR) is 46.1 cm³/mol. The Hall–Kier alpha value is -1.78. The van der Waals surface area contributed by atoms with Gasteiger partial charge in [0.2, 0.25) is 0 Å². The number of aromatic nitrogens is 2. The van der Waals surface area contributed by atoms with Gasteiger partial charge in [0.1, 0.15) is 12.5 Å². The van der Waals surface area contributed by atoms with Crippen LogP contribution >= 0.6 is 0 Å². The number of nitrogens with zero attached hydrogens (tertiary/aromatic N) is 4. The summed E-state index contributed by atoms with van der Waals surface area (Å²) in [6, 6.07) is 1.86. The summed E-state index contributed by atoms with van der Waals surface area (Å²) in [6.07, 6.45) is 7.15. The van der Waals surface area contributed by atoms with Gasteiger partial charge in [-0.3, -0.25) is 5.01 Å². The van der Waals surface area contributed by atoms with Gasteiger partial charge >= 0.3 is 0 Å². The van der Waals surface area contributed by atoms with Crippen molar-refractivity contribution in [1.29, 1.82) is 0 Å². The first-order chi connectivity index (χ1) is 5.86. The van der Waals surface area contributed by atoms with E-state index in [2.05, 4.69) is 10.1 Å². The van der Waals surface area contributed by atoms with Gasteiger partial charge in [-0.05, 0) is 12.1 Å². The predicted octanol–water partition coefficient (Wildman–Crippen LogP) is -0.337. The molecule has 5 heteroatoms. The van der Waals surface area contributed by atoms with Crippen molar-refractivity contribution in [3.05, 3.63) is 30.7 Å². The average Bonchev–Trinajstić information content (AvgIpc) is 2.58. The monoisotopic (exact) mass is 163 g/mol. The molecule has 1 aliphatic rings. The third-order valence-electron chi connectivity index (χ3n) is 1.57. The Labute approximate surface area is 69.8 Å². The molecule has 1 aromatic heterocycles. The maximum atomic E-state index is 5.46. The van der Waals surface area contributed by atoms with Crippen molar-refractivity contribution in [3.63, 3.8) is 0 Å². The summed E-state index contributed by atoms with van der Waals surface area (Å²) in [5, 5.41) is 5.89. The molecule has 0 spiro atoms. The molecule has 2 heterocycles. The van der Waals surface area contributed by atoms with Crippen LogP contribution in [0.5, 0.6) is 0 Å². The van der Waals surface area contributed by atoms with Crippen LogP contribution in [0, 0.1) is 0 Å². The van der Waals surface area contributed by atoms with E-state index in [1.165, 1.54) is 0 Å². The van der Waals surface area contributed by atoms with Gasteiger partial charge in [-0.1, -0.05) is 0 Å². The Morgan fingerprint density at radius 1 is 1.50 bits per heavy atom. The molecule has 12 heavy (non-hydrogen) atoms. The van der Waals surface area contributed by atoms with Crippen LogP contribution in [-0.4, -0.2) is 22.4 Å². The van der Waals surface area contributed by atoms with Gasteiger partial charge in [-0.15, -0.1) is 0 Å². The molecule has 0 fully saturated rings. The molecule has 0 saturated heterocycles. The molecular formula is C7H9N5. The summed E-state index contributed by atoms with van der Waals surface area (Å²) in [5.41, 5.74) is 5.46. The van der Waals surface area contributed by atoms with Gasteiger partial charge in [0, 0.05) is 12.4 Å². The summed E-state index contributed by atoms with van der Waals surface area (Å²) in [7, 11) is 0. The number of nitrogens with two attached hydrogens (primary N) is 1. The number of amidine groups is 1. The fraction of sp³-hybridized carbons (Fsp3) is 0.143. The molecule has 0 aliphatic carbocycles. The highest BCUT2D eigenvalue weighted by Gasteiger charge is 2.03. The third-order valence-corrected chi connectivity index (χ3v) is 1.57. The summed E-state index contributed by atoms with van der Waals surface area (Å²) >= 11 is 0. The summed E-state index contributed by atoms with van der Waals surface area (Å²) < 4.78 is 0. The van der Waals surface area contributed by atoms with Crippen molar-refractivity contribution in [3.8, 4) is 0 Å². The Bertz CT molecular complexity index is 311. The molecule has 0 radical (unpaired) electrons. The van der Waals surface area contributed by atoms with E-state index in [4.69, 9.17) is 5.73 Å². The van der Waals surface area contributed by atoms with E-state index in [0.29, 0.717) is 12.5 Å². The van der Waals surface area contributed by atoms with Crippen LogP contribution in [-0.2, 0) is 0 Å². The molecule has 0 amide bonds. The topological polar surface area (TPSA) is 59.4 Å². The van der Waals surface area contributed by atoms with Crippen molar-refractivity contribution in [2.75, 3.05) is 11.7 Å². The lowest BCUT2D eigenvalue weighted by atomic mass is 10.5.